The molecular weight excluding hydrogens is 605 g/mol. The van der Waals surface area contributed by atoms with Gasteiger partial charge >= 0.3 is 0 Å². The van der Waals surface area contributed by atoms with E-state index in [1.807, 2.05) is 38.1 Å². The third-order valence-corrected chi connectivity index (χ3v) is 10.3. The summed E-state index contributed by atoms with van der Waals surface area (Å²) in [4.78, 5) is 28.7. The van der Waals surface area contributed by atoms with Crippen molar-refractivity contribution in [2.45, 2.75) is 45.6 Å². The van der Waals surface area contributed by atoms with Crippen LogP contribution in [0, 0.1) is 5.41 Å². The van der Waals surface area contributed by atoms with Gasteiger partial charge in [0.15, 0.2) is 0 Å². The maximum Gasteiger partial charge on any atom is 0.251 e. The number of hydrogen-bond donors (Lipinski definition) is 3. The minimum absolute atomic E-state index is 0.115. The van der Waals surface area contributed by atoms with Crippen molar-refractivity contribution in [2.24, 2.45) is 11.1 Å². The largest absolute Gasteiger partial charge is 0.352 e. The zero-order chi connectivity index (χ0) is 33.7. The topological polar surface area (TPSA) is 99.9 Å². The molecule has 1 atom stereocenters. The number of nitrogens with two attached hydrogens (primary N) is 1. The van der Waals surface area contributed by atoms with Crippen LogP contribution >= 0.6 is 0 Å². The minimum atomic E-state index is -0.162. The number of pyridine rings is 1. The van der Waals surface area contributed by atoms with E-state index in [4.69, 9.17) is 15.7 Å². The summed E-state index contributed by atoms with van der Waals surface area (Å²) in [6, 6.07) is 29.6. The van der Waals surface area contributed by atoms with Gasteiger partial charge in [-0.1, -0.05) is 86.2 Å². The van der Waals surface area contributed by atoms with Crippen LogP contribution in [-0.2, 0) is 13.0 Å². The first-order chi connectivity index (χ1) is 23.8. The molecule has 4 aromatic carbocycles. The number of allylic oxidation sites excluding steroid dienone is 4. The number of carbonyl (C=O) groups is 1. The molecule has 2 heterocycles. The predicted molar refractivity (Wildman–Crippen MR) is 201 cm³/mol. The molecule has 8 rings (SSSR count). The predicted octanol–water partition coefficient (Wildman–Crippen LogP) is 8.06. The number of fused-ring (bicyclic) bond motifs is 6. The quantitative estimate of drug-likeness (QED) is 0.155. The third-order valence-electron chi connectivity index (χ3n) is 10.3. The van der Waals surface area contributed by atoms with Crippen LogP contribution in [0.3, 0.4) is 0 Å². The van der Waals surface area contributed by atoms with Gasteiger partial charge in [0.25, 0.3) is 5.91 Å². The number of amides is 1. The molecule has 0 saturated carbocycles. The molecule has 2 aliphatic rings. The average molecular weight is 647 g/mol. The number of carbonyl (C=O) groups excluding carboxylic acids is 1. The molecule has 4 N–H and O–H groups in total. The molecule has 0 aliphatic heterocycles. The minimum Gasteiger partial charge on any atom is -0.352 e. The maximum atomic E-state index is 12.9. The highest BCUT2D eigenvalue weighted by Crippen LogP contribution is 2.45. The molecule has 49 heavy (non-hydrogen) atoms. The van der Waals surface area contributed by atoms with Crippen molar-refractivity contribution < 1.29 is 4.79 Å². The molecule has 246 valence electrons. The smallest absolute Gasteiger partial charge is 0.251 e. The van der Waals surface area contributed by atoms with Crippen molar-refractivity contribution in [3.63, 3.8) is 0 Å². The maximum absolute atomic E-state index is 12.9. The first-order valence-electron chi connectivity index (χ1n) is 17.3. The lowest BCUT2D eigenvalue weighted by Gasteiger charge is -2.31. The van der Waals surface area contributed by atoms with Gasteiger partial charge in [0.05, 0.1) is 23.1 Å². The van der Waals surface area contributed by atoms with Gasteiger partial charge in [-0.05, 0) is 89.0 Å². The molecule has 0 radical (unpaired) electrons. The average Bonchev–Trinajstić information content (AvgIpc) is 3.54. The Bertz CT molecular complexity index is 2310. The lowest BCUT2D eigenvalue weighted by atomic mass is 9.75. The summed E-state index contributed by atoms with van der Waals surface area (Å²) < 4.78 is 0. The first-order valence-corrected chi connectivity index (χ1v) is 17.3. The molecule has 0 bridgehead atoms. The van der Waals surface area contributed by atoms with Crippen molar-refractivity contribution in [2.75, 3.05) is 25.0 Å². The van der Waals surface area contributed by atoms with E-state index in [-0.39, 0.29) is 17.2 Å². The molecule has 0 spiro atoms. The summed E-state index contributed by atoms with van der Waals surface area (Å²) in [7, 11) is 2.09. The normalized spacial score (nSPS) is 15.9. The molecule has 2 aromatic heterocycles. The van der Waals surface area contributed by atoms with Crippen LogP contribution in [-0.4, -0.2) is 41.0 Å². The molecule has 0 saturated heterocycles. The third kappa shape index (κ3) is 5.89. The molecule has 1 amide bonds. The van der Waals surface area contributed by atoms with Crippen LogP contribution < -0.4 is 16.0 Å². The lowest BCUT2D eigenvalue weighted by Crippen LogP contribution is -2.38. The first kappa shape index (κ1) is 31.0. The number of aryl methyl sites for hydroxylation is 1. The summed E-state index contributed by atoms with van der Waals surface area (Å²) in [5, 5.41) is 6.86. The highest BCUT2D eigenvalue weighted by Gasteiger charge is 2.27. The van der Waals surface area contributed by atoms with Crippen LogP contribution in [0.5, 0.6) is 0 Å². The van der Waals surface area contributed by atoms with Crippen molar-refractivity contribution in [3.8, 4) is 0 Å². The van der Waals surface area contributed by atoms with E-state index in [2.05, 4.69) is 95.1 Å². The van der Waals surface area contributed by atoms with E-state index >= 15 is 0 Å². The van der Waals surface area contributed by atoms with Crippen molar-refractivity contribution in [1.29, 1.82) is 0 Å². The number of nitrogens with zero attached hydrogens (tertiary/aromatic N) is 3. The van der Waals surface area contributed by atoms with Gasteiger partial charge in [-0.15, -0.1) is 0 Å². The molecule has 0 fully saturated rings. The van der Waals surface area contributed by atoms with Gasteiger partial charge in [-0.2, -0.15) is 0 Å². The van der Waals surface area contributed by atoms with Gasteiger partial charge in [-0.3, -0.25) is 4.79 Å². The Labute approximate surface area is 286 Å². The fourth-order valence-electron chi connectivity index (χ4n) is 7.41. The zero-order valence-corrected chi connectivity index (χ0v) is 28.4. The summed E-state index contributed by atoms with van der Waals surface area (Å²) in [5.41, 5.74) is 15.9. The number of aromatic nitrogens is 3. The van der Waals surface area contributed by atoms with E-state index in [0.29, 0.717) is 25.2 Å². The van der Waals surface area contributed by atoms with E-state index in [0.717, 1.165) is 52.8 Å². The molecule has 1 unspecified atom stereocenters. The Hall–Kier alpha value is -5.27. The number of anilines is 1. The highest BCUT2D eigenvalue weighted by atomic mass is 16.1. The summed E-state index contributed by atoms with van der Waals surface area (Å²) in [6.45, 7) is 5.64. The highest BCUT2D eigenvalue weighted by molar-refractivity contribution is 5.97. The second kappa shape index (κ2) is 12.3. The Kier molecular flexibility index (Phi) is 7.80. The Morgan fingerprint density at radius 1 is 0.959 bits per heavy atom. The van der Waals surface area contributed by atoms with Gasteiger partial charge in [0, 0.05) is 36.0 Å². The van der Waals surface area contributed by atoms with E-state index in [9.17, 15) is 4.79 Å². The summed E-state index contributed by atoms with van der Waals surface area (Å²) in [5.74, 6) is 1.88. The number of rotatable bonds is 8. The number of H-pyrrole nitrogens is 1. The molecule has 7 nitrogen and oxygen atoms in total. The SMILES string of the molecule is CN(Cc1nc2ccc(C(=O)NCC(C)(C)CN)cc2[nH]1)c1nc2ccccc2cc1C1C=CC2=C(CCc3c2ccc2ccccc32)C1. The van der Waals surface area contributed by atoms with Crippen LogP contribution in [0.15, 0.2) is 103 Å². The standard InChI is InChI=1S/C42H42N6O/c1-42(2,24-43)25-44-41(49)30-15-19-37-38(22-30)46-39(45-37)23-48(3)40-35(21-29-9-5-7-11-36(29)47-40)28-13-16-32-27(20-28)14-18-33-31-10-6-4-8-26(31)12-17-34(32)33/h4-13,15-17,19,21-22,28H,14,18,20,23-25,43H2,1-3H3,(H,44,49)(H,45,46). The van der Waals surface area contributed by atoms with Gasteiger partial charge in [-0.25, -0.2) is 9.97 Å². The second-order valence-corrected chi connectivity index (χ2v) is 14.4. The van der Waals surface area contributed by atoms with Crippen molar-refractivity contribution in [3.05, 3.63) is 131 Å². The summed E-state index contributed by atoms with van der Waals surface area (Å²) >= 11 is 0. The van der Waals surface area contributed by atoms with Gasteiger partial charge in [0.1, 0.15) is 11.6 Å². The molecular formula is C42H42N6O. The van der Waals surface area contributed by atoms with Gasteiger partial charge in [0.2, 0.25) is 0 Å². The van der Waals surface area contributed by atoms with E-state index in [1.54, 1.807) is 0 Å². The van der Waals surface area contributed by atoms with Crippen LogP contribution in [0.1, 0.15) is 65.5 Å². The van der Waals surface area contributed by atoms with Crippen molar-refractivity contribution >= 4 is 50.0 Å². The van der Waals surface area contributed by atoms with Crippen LogP contribution in [0.4, 0.5) is 5.82 Å². The van der Waals surface area contributed by atoms with Crippen LogP contribution in [0.25, 0.3) is 38.3 Å². The van der Waals surface area contributed by atoms with Crippen LogP contribution in [0.2, 0.25) is 0 Å². The van der Waals surface area contributed by atoms with E-state index < -0.39 is 0 Å². The fraction of sp³-hybridized carbons (Fsp3) is 0.262. The van der Waals surface area contributed by atoms with Crippen molar-refractivity contribution in [1.82, 2.24) is 20.3 Å². The second-order valence-electron chi connectivity index (χ2n) is 14.4. The Morgan fingerprint density at radius 3 is 2.63 bits per heavy atom. The molecule has 6 aromatic rings. The number of aromatic amines is 1. The summed E-state index contributed by atoms with van der Waals surface area (Å²) in [6.07, 6.45) is 7.87. The lowest BCUT2D eigenvalue weighted by molar-refractivity contribution is 0.0938. The zero-order valence-electron chi connectivity index (χ0n) is 28.4. The number of imidazole rings is 1. The number of hydrogen-bond acceptors (Lipinski definition) is 5. The number of para-hydroxylation sites is 1. The molecule has 2 aliphatic carbocycles. The van der Waals surface area contributed by atoms with Gasteiger partial charge < -0.3 is 20.9 Å². The number of nitrogens with one attached hydrogen (secondary N) is 2. The Morgan fingerprint density at radius 2 is 1.78 bits per heavy atom. The number of benzene rings is 4. The molecule has 7 heteroatoms. The monoisotopic (exact) mass is 646 g/mol. The Balaban J connectivity index is 1.07. The fourth-order valence-corrected chi connectivity index (χ4v) is 7.41. The van der Waals surface area contributed by atoms with E-state index in [1.165, 1.54) is 38.6 Å².